The first-order valence-corrected chi connectivity index (χ1v) is 5.15. The van der Waals surface area contributed by atoms with Crippen LogP contribution in [-0.4, -0.2) is 24.1 Å². The molecule has 1 aromatic rings. The van der Waals surface area contributed by atoms with Gasteiger partial charge in [-0.3, -0.25) is 0 Å². The molecule has 0 aromatic carbocycles. The van der Waals surface area contributed by atoms with E-state index < -0.39 is 11.6 Å². The van der Waals surface area contributed by atoms with Gasteiger partial charge in [-0.1, -0.05) is 6.58 Å². The minimum atomic E-state index is -1.43. The number of halogens is 1. The summed E-state index contributed by atoms with van der Waals surface area (Å²) in [5.74, 6) is -0.376. The van der Waals surface area contributed by atoms with E-state index >= 15 is 0 Å². The summed E-state index contributed by atoms with van der Waals surface area (Å²) in [6, 6.07) is 3.22. The predicted octanol–water partition coefficient (Wildman–Crippen LogP) is 1.83. The molecule has 1 unspecified atom stereocenters. The molecule has 1 N–H and O–H groups in total. The third-order valence-corrected chi connectivity index (χ3v) is 2.62. The maximum absolute atomic E-state index is 11.2. The normalized spacial score (nSPS) is 14.2. The van der Waals surface area contributed by atoms with Crippen molar-refractivity contribution in [3.63, 3.8) is 0 Å². The van der Waals surface area contributed by atoms with Crippen molar-refractivity contribution in [3.8, 4) is 0 Å². The van der Waals surface area contributed by atoms with E-state index in [4.69, 9.17) is 16.0 Å². The molecule has 0 aliphatic carbocycles. The molecule has 1 aromatic heterocycles. The Balaban J connectivity index is 2.83. The number of hydrogen-bond acceptors (Lipinski definition) is 4. The van der Waals surface area contributed by atoms with Crippen molar-refractivity contribution >= 4 is 17.6 Å². The van der Waals surface area contributed by atoms with E-state index in [0.717, 1.165) is 0 Å². The average Bonchev–Trinajstić information content (AvgIpc) is 2.81. The molecule has 1 atom stereocenters. The van der Waals surface area contributed by atoms with Gasteiger partial charge in [0, 0.05) is 12.0 Å². The van der Waals surface area contributed by atoms with Gasteiger partial charge >= 0.3 is 5.97 Å². The Morgan fingerprint density at radius 1 is 1.75 bits per heavy atom. The quantitative estimate of drug-likeness (QED) is 0.488. The molecule has 0 aliphatic rings. The van der Waals surface area contributed by atoms with Crippen molar-refractivity contribution in [3.05, 3.63) is 36.3 Å². The van der Waals surface area contributed by atoms with E-state index in [2.05, 4.69) is 11.3 Å². The highest BCUT2D eigenvalue weighted by Gasteiger charge is 2.33. The van der Waals surface area contributed by atoms with Crippen molar-refractivity contribution in [2.75, 3.05) is 13.0 Å². The fraction of sp³-hybridized carbons (Fsp3) is 0.364. The van der Waals surface area contributed by atoms with E-state index in [1.807, 2.05) is 0 Å². The van der Waals surface area contributed by atoms with Crippen LogP contribution in [0.3, 0.4) is 0 Å². The van der Waals surface area contributed by atoms with Crippen LogP contribution >= 0.6 is 11.6 Å². The minimum Gasteiger partial charge on any atom is -0.466 e. The molecule has 0 saturated carbocycles. The molecule has 1 heterocycles. The van der Waals surface area contributed by atoms with Crippen molar-refractivity contribution in [1.29, 1.82) is 0 Å². The highest BCUT2D eigenvalue weighted by molar-refractivity contribution is 6.18. The Morgan fingerprint density at radius 3 is 2.88 bits per heavy atom. The summed E-state index contributed by atoms with van der Waals surface area (Å²) in [6.07, 6.45) is 1.39. The standard InChI is InChI=1S/C11H13ClO4/c1-8(10(13)15-2)6-11(14,7-12)9-4-3-5-16-9/h3-5,14H,1,6-7H2,2H3. The Morgan fingerprint density at radius 2 is 2.44 bits per heavy atom. The van der Waals surface area contributed by atoms with Crippen LogP contribution in [-0.2, 0) is 15.1 Å². The number of rotatable bonds is 5. The van der Waals surface area contributed by atoms with Crippen molar-refractivity contribution < 1.29 is 19.1 Å². The molecule has 0 aliphatic heterocycles. The van der Waals surface area contributed by atoms with E-state index in [1.165, 1.54) is 13.4 Å². The maximum atomic E-state index is 11.2. The van der Waals surface area contributed by atoms with Crippen LogP contribution in [0.4, 0.5) is 0 Å². The van der Waals surface area contributed by atoms with E-state index in [1.54, 1.807) is 12.1 Å². The summed E-state index contributed by atoms with van der Waals surface area (Å²) >= 11 is 5.69. The monoisotopic (exact) mass is 244 g/mol. The Labute approximate surface area is 98.5 Å². The van der Waals surface area contributed by atoms with Crippen LogP contribution in [0.25, 0.3) is 0 Å². The van der Waals surface area contributed by atoms with E-state index in [-0.39, 0.29) is 17.9 Å². The van der Waals surface area contributed by atoms with Gasteiger partial charge in [-0.05, 0) is 12.1 Å². The molecule has 0 bridgehead atoms. The SMILES string of the molecule is C=C(CC(O)(CCl)c1ccco1)C(=O)OC. The lowest BCUT2D eigenvalue weighted by Gasteiger charge is -2.23. The number of aliphatic hydroxyl groups is 1. The molecule has 0 fully saturated rings. The zero-order valence-corrected chi connectivity index (χ0v) is 9.66. The summed E-state index contributed by atoms with van der Waals surface area (Å²) in [5.41, 5.74) is -1.29. The van der Waals surface area contributed by atoms with Gasteiger partial charge in [0.25, 0.3) is 0 Å². The van der Waals surface area contributed by atoms with E-state index in [0.29, 0.717) is 5.76 Å². The summed E-state index contributed by atoms with van der Waals surface area (Å²) < 4.78 is 9.57. The third kappa shape index (κ3) is 2.65. The number of ether oxygens (including phenoxy) is 1. The van der Waals surface area contributed by atoms with Crippen LogP contribution in [0.15, 0.2) is 35.0 Å². The van der Waals surface area contributed by atoms with Crippen LogP contribution in [0.2, 0.25) is 0 Å². The summed E-state index contributed by atoms with van der Waals surface area (Å²) in [5, 5.41) is 10.2. The van der Waals surface area contributed by atoms with Gasteiger partial charge < -0.3 is 14.3 Å². The second-order valence-corrected chi connectivity index (χ2v) is 3.68. The van der Waals surface area contributed by atoms with Crippen LogP contribution in [0, 0.1) is 0 Å². The smallest absolute Gasteiger partial charge is 0.333 e. The Hall–Kier alpha value is -1.26. The van der Waals surface area contributed by atoms with Gasteiger partial charge in [-0.2, -0.15) is 0 Å². The number of carbonyl (C=O) groups is 1. The predicted molar refractivity (Wildman–Crippen MR) is 59.1 cm³/mol. The molecule has 88 valence electrons. The van der Waals surface area contributed by atoms with Crippen molar-refractivity contribution in [1.82, 2.24) is 0 Å². The number of furan rings is 1. The topological polar surface area (TPSA) is 59.7 Å². The molecule has 0 spiro atoms. The third-order valence-electron chi connectivity index (χ3n) is 2.18. The van der Waals surface area contributed by atoms with Gasteiger partial charge in [0.1, 0.15) is 11.4 Å². The lowest BCUT2D eigenvalue weighted by Crippen LogP contribution is -2.29. The first-order chi connectivity index (χ1) is 7.53. The molecule has 1 rings (SSSR count). The van der Waals surface area contributed by atoms with Gasteiger partial charge in [0.05, 0.1) is 19.3 Å². The number of methoxy groups -OCH3 is 1. The Bertz CT molecular complexity index is 371. The molecule has 0 amide bonds. The molecule has 0 radical (unpaired) electrons. The lowest BCUT2D eigenvalue weighted by atomic mass is 9.94. The second kappa shape index (κ2) is 5.18. The molecule has 16 heavy (non-hydrogen) atoms. The zero-order chi connectivity index (χ0) is 12.2. The highest BCUT2D eigenvalue weighted by Crippen LogP contribution is 2.30. The van der Waals surface area contributed by atoms with Crippen LogP contribution in [0.1, 0.15) is 12.2 Å². The number of carbonyl (C=O) groups excluding carboxylic acids is 1. The lowest BCUT2D eigenvalue weighted by molar-refractivity contribution is -0.136. The van der Waals surface area contributed by atoms with Gasteiger partial charge in [0.2, 0.25) is 0 Å². The average molecular weight is 245 g/mol. The second-order valence-electron chi connectivity index (χ2n) is 3.41. The fourth-order valence-corrected chi connectivity index (χ4v) is 1.54. The molecule has 4 nitrogen and oxygen atoms in total. The van der Waals surface area contributed by atoms with Gasteiger partial charge in [-0.25, -0.2) is 4.79 Å². The first kappa shape index (κ1) is 12.8. The Kier molecular flexibility index (Phi) is 4.15. The maximum Gasteiger partial charge on any atom is 0.333 e. The van der Waals surface area contributed by atoms with Crippen LogP contribution < -0.4 is 0 Å². The largest absolute Gasteiger partial charge is 0.466 e. The first-order valence-electron chi connectivity index (χ1n) is 4.62. The van der Waals surface area contributed by atoms with Crippen molar-refractivity contribution in [2.24, 2.45) is 0 Å². The molecule has 0 saturated heterocycles. The zero-order valence-electron chi connectivity index (χ0n) is 8.90. The fourth-order valence-electron chi connectivity index (χ4n) is 1.31. The summed E-state index contributed by atoms with van der Waals surface area (Å²) in [7, 11) is 1.25. The van der Waals surface area contributed by atoms with Crippen LogP contribution in [0.5, 0.6) is 0 Å². The molecule has 5 heteroatoms. The van der Waals surface area contributed by atoms with E-state index in [9.17, 15) is 9.90 Å². The van der Waals surface area contributed by atoms with Gasteiger partial charge in [0.15, 0.2) is 0 Å². The number of hydrogen-bond donors (Lipinski definition) is 1. The van der Waals surface area contributed by atoms with Gasteiger partial charge in [-0.15, -0.1) is 11.6 Å². The number of esters is 1. The summed E-state index contributed by atoms with van der Waals surface area (Å²) in [6.45, 7) is 3.53. The molecular formula is C11H13ClO4. The highest BCUT2D eigenvalue weighted by atomic mass is 35.5. The summed E-state index contributed by atoms with van der Waals surface area (Å²) in [4.78, 5) is 11.2. The van der Waals surface area contributed by atoms with Crippen molar-refractivity contribution in [2.45, 2.75) is 12.0 Å². The minimum absolute atomic E-state index is 0.0311. The molecular weight excluding hydrogens is 232 g/mol. The number of alkyl halides is 1.